The van der Waals surface area contributed by atoms with Crippen LogP contribution in [0.5, 0.6) is 0 Å². The van der Waals surface area contributed by atoms with Crippen LogP contribution >= 0.6 is 0 Å². The summed E-state index contributed by atoms with van der Waals surface area (Å²) in [5.74, 6) is -0.416. The van der Waals surface area contributed by atoms with Crippen molar-refractivity contribution in [3.05, 3.63) is 29.6 Å². The van der Waals surface area contributed by atoms with Gasteiger partial charge in [-0.2, -0.15) is 0 Å². The number of halogens is 1. The molecule has 0 aliphatic carbocycles. The Morgan fingerprint density at radius 2 is 2.06 bits per heavy atom. The Morgan fingerprint density at radius 3 is 2.56 bits per heavy atom. The number of likely N-dealkylation sites (N-methyl/N-ethyl adjacent to an activating group) is 1. The molecule has 4 heteroatoms. The van der Waals surface area contributed by atoms with E-state index >= 15 is 0 Å². The van der Waals surface area contributed by atoms with Gasteiger partial charge in [0.1, 0.15) is 11.9 Å². The Morgan fingerprint density at radius 1 is 1.44 bits per heavy atom. The minimum atomic E-state index is -0.439. The minimum absolute atomic E-state index is 0.0809. The van der Waals surface area contributed by atoms with Crippen LogP contribution in [0.3, 0.4) is 0 Å². The van der Waals surface area contributed by atoms with Crippen LogP contribution in [0.15, 0.2) is 18.2 Å². The molecule has 1 N–H and O–H groups in total. The summed E-state index contributed by atoms with van der Waals surface area (Å²) < 4.78 is 13.5. The quantitative estimate of drug-likeness (QED) is 0.852. The largest absolute Gasteiger partial charge is 0.371 e. The maximum atomic E-state index is 13.5. The number of anilines is 1. The standard InChI is InChI=1S/C12H17FN2O/c1-8-6-5-7-10(13)11(8)14-9(2)12(16)15(3)4/h5-7,9,14H,1-4H3. The lowest BCUT2D eigenvalue weighted by Crippen LogP contribution is -2.37. The molecule has 0 heterocycles. The van der Waals surface area contributed by atoms with Crippen molar-refractivity contribution in [1.82, 2.24) is 4.90 Å². The van der Waals surface area contributed by atoms with E-state index in [9.17, 15) is 9.18 Å². The Labute approximate surface area is 95.3 Å². The van der Waals surface area contributed by atoms with E-state index < -0.39 is 6.04 Å². The van der Waals surface area contributed by atoms with Crippen LogP contribution in [-0.2, 0) is 4.79 Å². The first-order valence-electron chi connectivity index (χ1n) is 5.16. The van der Waals surface area contributed by atoms with Crippen LogP contribution < -0.4 is 5.32 Å². The molecular weight excluding hydrogens is 207 g/mol. The zero-order valence-corrected chi connectivity index (χ0v) is 10.0. The second-order valence-corrected chi connectivity index (χ2v) is 4.03. The SMILES string of the molecule is Cc1cccc(F)c1NC(C)C(=O)N(C)C. The average Bonchev–Trinajstić information content (AvgIpc) is 2.22. The van der Waals surface area contributed by atoms with Crippen molar-refractivity contribution in [3.8, 4) is 0 Å². The van der Waals surface area contributed by atoms with Gasteiger partial charge in [-0.3, -0.25) is 4.79 Å². The molecule has 1 rings (SSSR count). The maximum absolute atomic E-state index is 13.5. The lowest BCUT2D eigenvalue weighted by molar-refractivity contribution is -0.129. The van der Waals surface area contributed by atoms with Crippen molar-refractivity contribution in [2.24, 2.45) is 0 Å². The van der Waals surface area contributed by atoms with Crippen LogP contribution in [0, 0.1) is 12.7 Å². The van der Waals surface area contributed by atoms with Crippen LogP contribution in [0.1, 0.15) is 12.5 Å². The van der Waals surface area contributed by atoms with Gasteiger partial charge in [-0.25, -0.2) is 4.39 Å². The van der Waals surface area contributed by atoms with Crippen LogP contribution in [0.4, 0.5) is 10.1 Å². The molecule has 0 aromatic heterocycles. The number of hydrogen-bond donors (Lipinski definition) is 1. The maximum Gasteiger partial charge on any atom is 0.244 e. The van der Waals surface area contributed by atoms with Crippen molar-refractivity contribution < 1.29 is 9.18 Å². The second kappa shape index (κ2) is 4.96. The highest BCUT2D eigenvalue weighted by atomic mass is 19.1. The highest BCUT2D eigenvalue weighted by Gasteiger charge is 2.16. The van der Waals surface area contributed by atoms with Crippen molar-refractivity contribution in [3.63, 3.8) is 0 Å². The lowest BCUT2D eigenvalue weighted by Gasteiger charge is -2.20. The van der Waals surface area contributed by atoms with Crippen molar-refractivity contribution in [1.29, 1.82) is 0 Å². The Kier molecular flexibility index (Phi) is 3.88. The number of benzene rings is 1. The fraction of sp³-hybridized carbons (Fsp3) is 0.417. The van der Waals surface area contributed by atoms with Gasteiger partial charge in [0, 0.05) is 14.1 Å². The van der Waals surface area contributed by atoms with Crippen LogP contribution in [0.2, 0.25) is 0 Å². The van der Waals surface area contributed by atoms with E-state index in [0.29, 0.717) is 5.69 Å². The Bertz CT molecular complexity index is 370. The van der Waals surface area contributed by atoms with E-state index in [1.165, 1.54) is 11.0 Å². The molecule has 88 valence electrons. The molecule has 0 bridgehead atoms. The topological polar surface area (TPSA) is 32.3 Å². The number of carbonyl (C=O) groups is 1. The fourth-order valence-electron chi connectivity index (χ4n) is 1.48. The smallest absolute Gasteiger partial charge is 0.244 e. The third kappa shape index (κ3) is 2.72. The summed E-state index contributed by atoms with van der Waals surface area (Å²) in [4.78, 5) is 13.1. The number of para-hydroxylation sites is 1. The van der Waals surface area contributed by atoms with Gasteiger partial charge in [0.2, 0.25) is 5.91 Å². The van der Waals surface area contributed by atoms with E-state index in [2.05, 4.69) is 5.32 Å². The average molecular weight is 224 g/mol. The number of rotatable bonds is 3. The summed E-state index contributed by atoms with van der Waals surface area (Å²) >= 11 is 0. The number of aryl methyl sites for hydroxylation is 1. The summed E-state index contributed by atoms with van der Waals surface area (Å²) in [5.41, 5.74) is 1.18. The van der Waals surface area contributed by atoms with E-state index in [-0.39, 0.29) is 11.7 Å². The van der Waals surface area contributed by atoms with E-state index in [1.54, 1.807) is 40.1 Å². The minimum Gasteiger partial charge on any atom is -0.371 e. The molecule has 1 atom stereocenters. The fourth-order valence-corrected chi connectivity index (χ4v) is 1.48. The van der Waals surface area contributed by atoms with Gasteiger partial charge in [0.25, 0.3) is 0 Å². The predicted molar refractivity (Wildman–Crippen MR) is 62.9 cm³/mol. The molecule has 1 unspecified atom stereocenters. The first-order chi connectivity index (χ1) is 7.43. The van der Waals surface area contributed by atoms with Crippen LogP contribution in [-0.4, -0.2) is 30.9 Å². The monoisotopic (exact) mass is 224 g/mol. The summed E-state index contributed by atoms with van der Waals surface area (Å²) in [6.45, 7) is 3.52. The Balaban J connectivity index is 2.85. The highest BCUT2D eigenvalue weighted by molar-refractivity contribution is 5.84. The zero-order valence-electron chi connectivity index (χ0n) is 10.0. The third-order valence-corrected chi connectivity index (χ3v) is 2.39. The molecule has 0 radical (unpaired) electrons. The zero-order chi connectivity index (χ0) is 12.3. The number of hydrogen-bond acceptors (Lipinski definition) is 2. The van der Waals surface area contributed by atoms with Gasteiger partial charge >= 0.3 is 0 Å². The Hall–Kier alpha value is -1.58. The first kappa shape index (κ1) is 12.5. The van der Waals surface area contributed by atoms with E-state index in [0.717, 1.165) is 5.56 Å². The van der Waals surface area contributed by atoms with Crippen molar-refractivity contribution >= 4 is 11.6 Å². The molecule has 0 aliphatic rings. The molecular formula is C12H17FN2O. The highest BCUT2D eigenvalue weighted by Crippen LogP contribution is 2.19. The van der Waals surface area contributed by atoms with Crippen molar-refractivity contribution in [2.75, 3.05) is 19.4 Å². The summed E-state index contributed by atoms with van der Waals surface area (Å²) in [5, 5.41) is 2.89. The summed E-state index contributed by atoms with van der Waals surface area (Å²) in [7, 11) is 3.35. The number of amides is 1. The van der Waals surface area contributed by atoms with Crippen molar-refractivity contribution in [2.45, 2.75) is 19.9 Å². The first-order valence-corrected chi connectivity index (χ1v) is 5.16. The predicted octanol–water partition coefficient (Wildman–Crippen LogP) is 2.02. The molecule has 0 fully saturated rings. The molecule has 0 saturated heterocycles. The molecule has 1 aromatic carbocycles. The molecule has 16 heavy (non-hydrogen) atoms. The van der Waals surface area contributed by atoms with E-state index in [1.807, 2.05) is 0 Å². The van der Waals surface area contributed by atoms with Gasteiger partial charge in [-0.1, -0.05) is 12.1 Å². The summed E-state index contributed by atoms with van der Waals surface area (Å²) in [6, 6.07) is 4.39. The number of carbonyl (C=O) groups excluding carboxylic acids is 1. The van der Waals surface area contributed by atoms with E-state index in [4.69, 9.17) is 0 Å². The lowest BCUT2D eigenvalue weighted by atomic mass is 10.1. The molecule has 0 spiro atoms. The molecule has 0 aliphatic heterocycles. The molecule has 0 saturated carbocycles. The molecule has 3 nitrogen and oxygen atoms in total. The normalized spacial score (nSPS) is 12.1. The molecule has 1 aromatic rings. The third-order valence-electron chi connectivity index (χ3n) is 2.39. The van der Waals surface area contributed by atoms with Crippen LogP contribution in [0.25, 0.3) is 0 Å². The second-order valence-electron chi connectivity index (χ2n) is 4.03. The number of nitrogens with zero attached hydrogens (tertiary/aromatic N) is 1. The van der Waals surface area contributed by atoms with Gasteiger partial charge in [-0.05, 0) is 25.5 Å². The van der Waals surface area contributed by atoms with Gasteiger partial charge in [0.05, 0.1) is 5.69 Å². The number of nitrogens with one attached hydrogen (secondary N) is 1. The van der Waals surface area contributed by atoms with Gasteiger partial charge < -0.3 is 10.2 Å². The molecule has 1 amide bonds. The van der Waals surface area contributed by atoms with Gasteiger partial charge in [0.15, 0.2) is 0 Å². The summed E-state index contributed by atoms with van der Waals surface area (Å²) in [6.07, 6.45) is 0. The van der Waals surface area contributed by atoms with Gasteiger partial charge in [-0.15, -0.1) is 0 Å².